The highest BCUT2D eigenvalue weighted by Gasteiger charge is 2.17. The van der Waals surface area contributed by atoms with Crippen molar-refractivity contribution in [1.82, 2.24) is 0 Å². The molecule has 0 saturated heterocycles. The van der Waals surface area contributed by atoms with Gasteiger partial charge in [0.2, 0.25) is 5.75 Å². The van der Waals surface area contributed by atoms with Crippen LogP contribution in [0.3, 0.4) is 0 Å². The molecule has 0 atom stereocenters. The molecule has 3 aromatic rings. The number of carbonyl (C=O) groups excluding carboxylic acids is 1. The van der Waals surface area contributed by atoms with E-state index in [1.165, 1.54) is 20.3 Å². The first-order valence-electron chi connectivity index (χ1n) is 10.1. The molecule has 0 aliphatic heterocycles. The second-order valence-electron chi connectivity index (χ2n) is 7.04. The maximum Gasteiger partial charge on any atom is 0.203 e. The number of ether oxygens (including phenoxy) is 3. The van der Waals surface area contributed by atoms with Crippen LogP contribution in [0.25, 0.3) is 6.08 Å². The first-order valence-corrected chi connectivity index (χ1v) is 10.9. The molecule has 166 valence electrons. The smallest absolute Gasteiger partial charge is 0.203 e. The molecular formula is C26H25BrO5. The summed E-state index contributed by atoms with van der Waals surface area (Å²) in [6.07, 6.45) is 3.78. The minimum absolute atomic E-state index is 0.119. The Morgan fingerprint density at radius 1 is 1.03 bits per heavy atom. The minimum atomic E-state index is -0.258. The summed E-state index contributed by atoms with van der Waals surface area (Å²) in [7, 11) is 3.03. The Labute approximate surface area is 196 Å². The van der Waals surface area contributed by atoms with E-state index in [4.69, 9.17) is 14.2 Å². The third-order valence-electron chi connectivity index (χ3n) is 4.96. The molecule has 1 N–H and O–H groups in total. The van der Waals surface area contributed by atoms with E-state index in [2.05, 4.69) is 15.9 Å². The van der Waals surface area contributed by atoms with Crippen LogP contribution in [0.2, 0.25) is 0 Å². The molecule has 0 aromatic heterocycles. The molecule has 0 bridgehead atoms. The number of allylic oxidation sites excluding steroid dienone is 1. The molecule has 0 unspecified atom stereocenters. The van der Waals surface area contributed by atoms with E-state index in [1.54, 1.807) is 30.3 Å². The normalized spacial score (nSPS) is 10.9. The SMILES string of the molecule is CCc1cc(O)c(C=CC(=O)c2cc(OC)c(OCc3ccccc3)c(OC)c2)cc1Br. The Morgan fingerprint density at radius 2 is 1.69 bits per heavy atom. The molecule has 0 aliphatic rings. The second kappa shape index (κ2) is 10.9. The summed E-state index contributed by atoms with van der Waals surface area (Å²) in [5, 5.41) is 10.2. The van der Waals surface area contributed by atoms with Crippen LogP contribution in [0.4, 0.5) is 0 Å². The van der Waals surface area contributed by atoms with Crippen LogP contribution >= 0.6 is 15.9 Å². The van der Waals surface area contributed by atoms with Gasteiger partial charge in [-0.05, 0) is 54.0 Å². The lowest BCUT2D eigenvalue weighted by Gasteiger charge is -2.15. The third kappa shape index (κ3) is 5.51. The quantitative estimate of drug-likeness (QED) is 0.281. The monoisotopic (exact) mass is 496 g/mol. The molecule has 0 spiro atoms. The topological polar surface area (TPSA) is 65.0 Å². The number of carbonyl (C=O) groups is 1. The molecule has 6 heteroatoms. The Bertz CT molecular complexity index is 1100. The zero-order valence-corrected chi connectivity index (χ0v) is 19.8. The lowest BCUT2D eigenvalue weighted by atomic mass is 10.1. The number of aromatic hydroxyl groups is 1. The van der Waals surface area contributed by atoms with Gasteiger partial charge >= 0.3 is 0 Å². The van der Waals surface area contributed by atoms with E-state index in [0.29, 0.717) is 35.0 Å². The van der Waals surface area contributed by atoms with Crippen LogP contribution in [0.5, 0.6) is 23.0 Å². The van der Waals surface area contributed by atoms with Crippen LogP contribution in [-0.2, 0) is 13.0 Å². The van der Waals surface area contributed by atoms with Crippen molar-refractivity contribution in [3.63, 3.8) is 0 Å². The van der Waals surface area contributed by atoms with E-state index in [1.807, 2.05) is 37.3 Å². The van der Waals surface area contributed by atoms with Crippen molar-refractivity contribution in [2.24, 2.45) is 0 Å². The molecule has 3 aromatic carbocycles. The van der Waals surface area contributed by atoms with Crippen molar-refractivity contribution in [2.75, 3.05) is 14.2 Å². The van der Waals surface area contributed by atoms with Crippen LogP contribution in [0.1, 0.15) is 34.0 Å². The van der Waals surface area contributed by atoms with Gasteiger partial charge in [0.1, 0.15) is 12.4 Å². The average molecular weight is 497 g/mol. The first kappa shape index (κ1) is 23.4. The zero-order valence-electron chi connectivity index (χ0n) is 18.2. The fraction of sp³-hybridized carbons (Fsp3) is 0.192. The maximum absolute atomic E-state index is 12.8. The van der Waals surface area contributed by atoms with Crippen molar-refractivity contribution in [3.8, 4) is 23.0 Å². The van der Waals surface area contributed by atoms with Crippen LogP contribution < -0.4 is 14.2 Å². The molecule has 0 amide bonds. The summed E-state index contributed by atoms with van der Waals surface area (Å²) >= 11 is 3.49. The van der Waals surface area contributed by atoms with Gasteiger partial charge in [0.15, 0.2) is 17.3 Å². The fourth-order valence-electron chi connectivity index (χ4n) is 3.18. The second-order valence-corrected chi connectivity index (χ2v) is 7.89. The van der Waals surface area contributed by atoms with Crippen LogP contribution in [0, 0.1) is 0 Å². The molecule has 0 heterocycles. The van der Waals surface area contributed by atoms with Crippen LogP contribution in [0.15, 0.2) is 65.1 Å². The first-order chi connectivity index (χ1) is 15.5. The number of ketones is 1. The summed E-state index contributed by atoms with van der Waals surface area (Å²) in [5.41, 5.74) is 2.92. The predicted octanol–water partition coefficient (Wildman–Crippen LogP) is 6.21. The molecule has 32 heavy (non-hydrogen) atoms. The van der Waals surface area contributed by atoms with Crippen molar-refractivity contribution < 1.29 is 24.1 Å². The number of phenolic OH excluding ortho intramolecular Hbond substituents is 1. The summed E-state index contributed by atoms with van der Waals surface area (Å²) in [4.78, 5) is 12.8. The Morgan fingerprint density at radius 3 is 2.28 bits per heavy atom. The van der Waals surface area contributed by atoms with Gasteiger partial charge in [-0.15, -0.1) is 0 Å². The Balaban J connectivity index is 1.85. The van der Waals surface area contributed by atoms with Crippen molar-refractivity contribution in [1.29, 1.82) is 0 Å². The molecule has 0 saturated carbocycles. The highest BCUT2D eigenvalue weighted by molar-refractivity contribution is 9.10. The number of aryl methyl sites for hydroxylation is 1. The fourth-order valence-corrected chi connectivity index (χ4v) is 3.82. The summed E-state index contributed by atoms with van der Waals surface area (Å²) in [5.74, 6) is 1.08. The number of hydrogen-bond acceptors (Lipinski definition) is 5. The van der Waals surface area contributed by atoms with E-state index in [9.17, 15) is 9.90 Å². The third-order valence-corrected chi connectivity index (χ3v) is 5.70. The maximum atomic E-state index is 12.8. The predicted molar refractivity (Wildman–Crippen MR) is 129 cm³/mol. The Hall–Kier alpha value is -3.25. The zero-order chi connectivity index (χ0) is 23.1. The summed E-state index contributed by atoms with van der Waals surface area (Å²) < 4.78 is 17.7. The van der Waals surface area contributed by atoms with Gasteiger partial charge in [-0.2, -0.15) is 0 Å². The lowest BCUT2D eigenvalue weighted by molar-refractivity contribution is 0.104. The van der Waals surface area contributed by atoms with Crippen molar-refractivity contribution >= 4 is 27.8 Å². The van der Waals surface area contributed by atoms with E-state index >= 15 is 0 Å². The van der Waals surface area contributed by atoms with Gasteiger partial charge in [-0.3, -0.25) is 4.79 Å². The number of methoxy groups -OCH3 is 2. The molecule has 0 radical (unpaired) electrons. The number of rotatable bonds is 9. The highest BCUT2D eigenvalue weighted by Crippen LogP contribution is 2.39. The number of halogens is 1. The highest BCUT2D eigenvalue weighted by atomic mass is 79.9. The van der Waals surface area contributed by atoms with E-state index in [-0.39, 0.29) is 11.5 Å². The molecule has 0 aliphatic carbocycles. The Kier molecular flexibility index (Phi) is 7.95. The molecular weight excluding hydrogens is 472 g/mol. The largest absolute Gasteiger partial charge is 0.507 e. The number of hydrogen-bond donors (Lipinski definition) is 1. The summed E-state index contributed by atoms with van der Waals surface area (Å²) in [6, 6.07) is 16.5. The average Bonchev–Trinajstić information content (AvgIpc) is 2.82. The minimum Gasteiger partial charge on any atom is -0.507 e. The van der Waals surface area contributed by atoms with Gasteiger partial charge in [0.25, 0.3) is 0 Å². The number of benzene rings is 3. The lowest BCUT2D eigenvalue weighted by Crippen LogP contribution is -2.03. The molecule has 5 nitrogen and oxygen atoms in total. The van der Waals surface area contributed by atoms with E-state index in [0.717, 1.165) is 22.0 Å². The molecule has 3 rings (SSSR count). The van der Waals surface area contributed by atoms with Gasteiger partial charge in [0, 0.05) is 15.6 Å². The van der Waals surface area contributed by atoms with Gasteiger partial charge in [-0.25, -0.2) is 0 Å². The van der Waals surface area contributed by atoms with Crippen molar-refractivity contribution in [3.05, 3.63) is 87.4 Å². The van der Waals surface area contributed by atoms with Gasteiger partial charge in [0.05, 0.1) is 14.2 Å². The standard InChI is InChI=1S/C26H25BrO5/c1-4-18-13-23(29)19(12-21(18)27)10-11-22(28)20-14-24(30-2)26(25(15-20)31-3)32-16-17-8-6-5-7-9-17/h5-15,29H,4,16H2,1-3H3. The molecule has 0 fully saturated rings. The van der Waals surface area contributed by atoms with E-state index < -0.39 is 0 Å². The van der Waals surface area contributed by atoms with Crippen molar-refractivity contribution in [2.45, 2.75) is 20.0 Å². The van der Waals surface area contributed by atoms with Crippen LogP contribution in [-0.4, -0.2) is 25.1 Å². The van der Waals surface area contributed by atoms with Gasteiger partial charge in [-0.1, -0.05) is 53.2 Å². The van der Waals surface area contributed by atoms with Gasteiger partial charge < -0.3 is 19.3 Å². The summed E-state index contributed by atoms with van der Waals surface area (Å²) in [6.45, 7) is 2.34. The number of phenols is 1.